The number of ether oxygens (including phenoxy) is 1. The number of hydrogen-bond acceptors (Lipinski definition) is 4. The number of hydrogen-bond donors (Lipinski definition) is 0. The minimum Gasteiger partial charge on any atom is -0.497 e. The molecule has 0 N–H and O–H groups in total. The van der Waals surface area contributed by atoms with Crippen LogP contribution in [0.15, 0.2) is 83.8 Å². The lowest BCUT2D eigenvalue weighted by atomic mass is 10.1. The van der Waals surface area contributed by atoms with Crippen LogP contribution >= 0.6 is 0 Å². The number of nitrogens with zero attached hydrogens (tertiary/aromatic N) is 2. The molecule has 0 bridgehead atoms. The van der Waals surface area contributed by atoms with E-state index in [-0.39, 0.29) is 17.3 Å². The number of benzene rings is 3. The molecule has 7 heteroatoms. The molecule has 0 radical (unpaired) electrons. The third kappa shape index (κ3) is 5.44. The average Bonchev–Trinajstić information content (AvgIpc) is 2.79. The van der Waals surface area contributed by atoms with Crippen molar-refractivity contribution >= 4 is 21.6 Å². The number of carbonyl (C=O) groups excluding carboxylic acids is 1. The normalized spacial score (nSPS) is 11.1. The van der Waals surface area contributed by atoms with Crippen molar-refractivity contribution in [3.8, 4) is 5.75 Å². The molecule has 0 fully saturated rings. The summed E-state index contributed by atoms with van der Waals surface area (Å²) in [5, 5.41) is 0. The van der Waals surface area contributed by atoms with Crippen LogP contribution in [-0.2, 0) is 21.4 Å². The molecular weight excluding hydrogens is 412 g/mol. The maximum absolute atomic E-state index is 13.4. The lowest BCUT2D eigenvalue weighted by molar-refractivity contribution is -0.128. The smallest absolute Gasteiger partial charge is 0.264 e. The number of carbonyl (C=O) groups is 1. The van der Waals surface area contributed by atoms with Gasteiger partial charge in [0.2, 0.25) is 5.91 Å². The molecule has 0 heterocycles. The SMILES string of the molecule is COc1ccc(N(CC(=O)N(C)Cc2ccc(C)cc2)S(=O)(=O)c2ccccc2)cc1. The number of anilines is 1. The van der Waals surface area contributed by atoms with E-state index in [2.05, 4.69) is 0 Å². The first kappa shape index (κ1) is 22.4. The summed E-state index contributed by atoms with van der Waals surface area (Å²) in [4.78, 5) is 14.6. The van der Waals surface area contributed by atoms with Crippen molar-refractivity contribution in [3.63, 3.8) is 0 Å². The van der Waals surface area contributed by atoms with Crippen molar-refractivity contribution in [1.82, 2.24) is 4.90 Å². The van der Waals surface area contributed by atoms with Crippen molar-refractivity contribution in [2.75, 3.05) is 25.0 Å². The summed E-state index contributed by atoms with van der Waals surface area (Å²) >= 11 is 0. The van der Waals surface area contributed by atoms with Gasteiger partial charge in [-0.15, -0.1) is 0 Å². The van der Waals surface area contributed by atoms with Gasteiger partial charge in [0.1, 0.15) is 12.3 Å². The van der Waals surface area contributed by atoms with Gasteiger partial charge in [-0.3, -0.25) is 9.10 Å². The summed E-state index contributed by atoms with van der Waals surface area (Å²) < 4.78 is 33.0. The van der Waals surface area contributed by atoms with E-state index in [1.54, 1.807) is 49.5 Å². The summed E-state index contributed by atoms with van der Waals surface area (Å²) in [5.74, 6) is 0.291. The molecule has 3 aromatic carbocycles. The van der Waals surface area contributed by atoms with E-state index < -0.39 is 10.0 Å². The first-order chi connectivity index (χ1) is 14.8. The van der Waals surface area contributed by atoms with E-state index in [4.69, 9.17) is 4.74 Å². The lowest BCUT2D eigenvalue weighted by Crippen LogP contribution is -2.41. The zero-order valence-corrected chi connectivity index (χ0v) is 18.7. The Kier molecular flexibility index (Phi) is 6.97. The van der Waals surface area contributed by atoms with Gasteiger partial charge in [0.25, 0.3) is 10.0 Å². The molecule has 1 amide bonds. The highest BCUT2D eigenvalue weighted by molar-refractivity contribution is 7.92. The fourth-order valence-corrected chi connectivity index (χ4v) is 4.52. The second-order valence-electron chi connectivity index (χ2n) is 7.26. The molecule has 0 aliphatic carbocycles. The second kappa shape index (κ2) is 9.66. The van der Waals surface area contributed by atoms with Crippen LogP contribution in [0.1, 0.15) is 11.1 Å². The Morgan fingerprint density at radius 3 is 2.10 bits per heavy atom. The zero-order valence-electron chi connectivity index (χ0n) is 17.9. The molecule has 0 aliphatic heterocycles. The summed E-state index contributed by atoms with van der Waals surface area (Å²) in [6.07, 6.45) is 0. The third-order valence-corrected chi connectivity index (χ3v) is 6.72. The predicted molar refractivity (Wildman–Crippen MR) is 122 cm³/mol. The van der Waals surface area contributed by atoms with Crippen LogP contribution in [0.5, 0.6) is 5.75 Å². The Hall–Kier alpha value is -3.32. The molecule has 162 valence electrons. The molecule has 0 saturated carbocycles. The minimum atomic E-state index is -3.94. The van der Waals surface area contributed by atoms with Crippen molar-refractivity contribution in [3.05, 3.63) is 90.0 Å². The first-order valence-corrected chi connectivity index (χ1v) is 11.3. The van der Waals surface area contributed by atoms with Gasteiger partial charge in [-0.25, -0.2) is 8.42 Å². The molecule has 6 nitrogen and oxygen atoms in total. The molecule has 3 aromatic rings. The Balaban J connectivity index is 1.88. The molecule has 0 aromatic heterocycles. The van der Waals surface area contributed by atoms with Crippen molar-refractivity contribution in [2.24, 2.45) is 0 Å². The highest BCUT2D eigenvalue weighted by atomic mass is 32.2. The van der Waals surface area contributed by atoms with Gasteiger partial charge in [-0.05, 0) is 48.9 Å². The van der Waals surface area contributed by atoms with Crippen LogP contribution in [0.4, 0.5) is 5.69 Å². The van der Waals surface area contributed by atoms with Gasteiger partial charge in [-0.2, -0.15) is 0 Å². The van der Waals surface area contributed by atoms with Crippen molar-refractivity contribution in [1.29, 1.82) is 0 Å². The molecule has 3 rings (SSSR count). The zero-order chi connectivity index (χ0) is 22.4. The van der Waals surface area contributed by atoms with Crippen LogP contribution in [0.3, 0.4) is 0 Å². The first-order valence-electron chi connectivity index (χ1n) is 9.82. The summed E-state index contributed by atoms with van der Waals surface area (Å²) in [5.41, 5.74) is 2.50. The van der Waals surface area contributed by atoms with E-state index in [9.17, 15) is 13.2 Å². The molecule has 0 unspecified atom stereocenters. The van der Waals surface area contributed by atoms with Gasteiger partial charge in [0.05, 0.1) is 17.7 Å². The fraction of sp³-hybridized carbons (Fsp3) is 0.208. The fourth-order valence-electron chi connectivity index (χ4n) is 3.08. The van der Waals surface area contributed by atoms with Gasteiger partial charge < -0.3 is 9.64 Å². The number of amides is 1. The van der Waals surface area contributed by atoms with Crippen molar-refractivity contribution in [2.45, 2.75) is 18.4 Å². The Labute approximate surface area is 183 Å². The largest absolute Gasteiger partial charge is 0.497 e. The summed E-state index contributed by atoms with van der Waals surface area (Å²) in [6, 6.07) is 22.6. The van der Waals surface area contributed by atoms with Crippen LogP contribution < -0.4 is 9.04 Å². The lowest BCUT2D eigenvalue weighted by Gasteiger charge is -2.27. The van der Waals surface area contributed by atoms with Gasteiger partial charge in [-0.1, -0.05) is 48.0 Å². The standard InChI is InChI=1S/C24H26N2O4S/c1-19-9-11-20(12-10-19)17-25(2)24(27)18-26(21-13-15-22(30-3)16-14-21)31(28,29)23-7-5-4-6-8-23/h4-16H,17-18H2,1-3H3. The molecular formula is C24H26N2O4S. The molecule has 31 heavy (non-hydrogen) atoms. The number of methoxy groups -OCH3 is 1. The summed E-state index contributed by atoms with van der Waals surface area (Å²) in [7, 11) is -0.727. The van der Waals surface area contributed by atoms with E-state index in [1.807, 2.05) is 31.2 Å². The second-order valence-corrected chi connectivity index (χ2v) is 9.12. The highest BCUT2D eigenvalue weighted by Gasteiger charge is 2.28. The summed E-state index contributed by atoms with van der Waals surface area (Å²) in [6.45, 7) is 2.08. The maximum Gasteiger partial charge on any atom is 0.264 e. The van der Waals surface area contributed by atoms with Crippen LogP contribution in [0.25, 0.3) is 0 Å². The monoisotopic (exact) mass is 438 g/mol. The van der Waals surface area contributed by atoms with Crippen LogP contribution in [0.2, 0.25) is 0 Å². The Morgan fingerprint density at radius 1 is 0.903 bits per heavy atom. The van der Waals surface area contributed by atoms with Gasteiger partial charge in [0.15, 0.2) is 0 Å². The molecule has 0 spiro atoms. The Bertz CT molecular complexity index is 1110. The van der Waals surface area contributed by atoms with E-state index in [0.29, 0.717) is 18.0 Å². The highest BCUT2D eigenvalue weighted by Crippen LogP contribution is 2.26. The Morgan fingerprint density at radius 2 is 1.52 bits per heavy atom. The topological polar surface area (TPSA) is 66.9 Å². The van der Waals surface area contributed by atoms with Gasteiger partial charge >= 0.3 is 0 Å². The minimum absolute atomic E-state index is 0.125. The maximum atomic E-state index is 13.4. The number of aryl methyl sites for hydroxylation is 1. The van der Waals surface area contributed by atoms with E-state index >= 15 is 0 Å². The number of likely N-dealkylation sites (N-methyl/N-ethyl adjacent to an activating group) is 1. The van der Waals surface area contributed by atoms with Crippen LogP contribution in [-0.4, -0.2) is 39.9 Å². The molecule has 0 saturated heterocycles. The van der Waals surface area contributed by atoms with Gasteiger partial charge in [0, 0.05) is 13.6 Å². The number of rotatable bonds is 8. The van der Waals surface area contributed by atoms with Crippen molar-refractivity contribution < 1.29 is 17.9 Å². The average molecular weight is 439 g/mol. The third-order valence-electron chi connectivity index (χ3n) is 4.94. The molecule has 0 atom stereocenters. The molecule has 0 aliphatic rings. The quantitative estimate of drug-likeness (QED) is 0.536. The van der Waals surface area contributed by atoms with E-state index in [0.717, 1.165) is 15.4 Å². The number of sulfonamides is 1. The van der Waals surface area contributed by atoms with Crippen LogP contribution in [0, 0.1) is 6.92 Å². The van der Waals surface area contributed by atoms with E-state index in [1.165, 1.54) is 24.1 Å². The predicted octanol–water partition coefficient (Wildman–Crippen LogP) is 3.86.